The average molecular weight is 250 g/mol. The Bertz CT molecular complexity index is 290. The van der Waals surface area contributed by atoms with Crippen molar-refractivity contribution in [2.45, 2.75) is 45.1 Å². The van der Waals surface area contributed by atoms with Gasteiger partial charge in [-0.15, -0.1) is 0 Å². The summed E-state index contributed by atoms with van der Waals surface area (Å²) in [5.41, 5.74) is 1.38. The fourth-order valence-corrected chi connectivity index (χ4v) is 2.06. The van der Waals surface area contributed by atoms with Crippen molar-refractivity contribution in [1.29, 1.82) is 0 Å². The van der Waals surface area contributed by atoms with Crippen molar-refractivity contribution in [2.24, 2.45) is 0 Å². The number of hydrogen-bond donors (Lipinski definition) is 1. The molecule has 0 radical (unpaired) electrons. The topological polar surface area (TPSA) is 34.1 Å². The maximum absolute atomic E-state index is 5.12. The number of nitrogens with one attached hydrogen (secondary N) is 1. The molecule has 1 N–H and O–H groups in total. The molecule has 0 spiro atoms. The first-order valence-electron chi connectivity index (χ1n) is 6.98. The summed E-state index contributed by atoms with van der Waals surface area (Å²) in [5, 5.41) is 3.63. The van der Waals surface area contributed by atoms with Gasteiger partial charge in [-0.25, -0.2) is 0 Å². The zero-order valence-electron chi connectivity index (χ0n) is 11.7. The Hall–Kier alpha value is -0.930. The van der Waals surface area contributed by atoms with Crippen molar-refractivity contribution in [3.63, 3.8) is 0 Å². The predicted octanol–water partition coefficient (Wildman–Crippen LogP) is 2.81. The number of ether oxygens (including phenoxy) is 1. The summed E-state index contributed by atoms with van der Waals surface area (Å²) in [6, 6.07) is 4.81. The lowest BCUT2D eigenvalue weighted by Gasteiger charge is -2.18. The third-order valence-electron chi connectivity index (χ3n) is 3.11. The van der Waals surface area contributed by atoms with E-state index >= 15 is 0 Å². The van der Waals surface area contributed by atoms with Gasteiger partial charge in [-0.2, -0.15) is 0 Å². The summed E-state index contributed by atoms with van der Waals surface area (Å²) in [4.78, 5) is 4.05. The van der Waals surface area contributed by atoms with Gasteiger partial charge in [0.25, 0.3) is 0 Å². The molecule has 0 bridgehead atoms. The Morgan fingerprint density at radius 2 is 2.06 bits per heavy atom. The van der Waals surface area contributed by atoms with Crippen LogP contribution < -0.4 is 5.32 Å². The van der Waals surface area contributed by atoms with Gasteiger partial charge in [0.2, 0.25) is 0 Å². The van der Waals surface area contributed by atoms with Crippen molar-refractivity contribution in [3.05, 3.63) is 30.1 Å². The fourth-order valence-electron chi connectivity index (χ4n) is 2.06. The molecule has 1 heterocycles. The van der Waals surface area contributed by atoms with Gasteiger partial charge < -0.3 is 10.1 Å². The van der Waals surface area contributed by atoms with Crippen LogP contribution in [0.4, 0.5) is 0 Å². The minimum absolute atomic E-state index is 0.605. The van der Waals surface area contributed by atoms with Gasteiger partial charge in [0, 0.05) is 32.2 Å². The van der Waals surface area contributed by atoms with E-state index in [1.165, 1.54) is 24.8 Å². The van der Waals surface area contributed by atoms with E-state index in [1.807, 2.05) is 12.4 Å². The summed E-state index contributed by atoms with van der Waals surface area (Å²) in [7, 11) is 1.77. The third kappa shape index (κ3) is 6.72. The zero-order valence-corrected chi connectivity index (χ0v) is 11.7. The molecule has 0 saturated heterocycles. The van der Waals surface area contributed by atoms with E-state index < -0.39 is 0 Å². The highest BCUT2D eigenvalue weighted by atomic mass is 16.5. The van der Waals surface area contributed by atoms with Crippen LogP contribution in [0.15, 0.2) is 24.5 Å². The van der Waals surface area contributed by atoms with Crippen LogP contribution in [0.1, 0.15) is 38.2 Å². The Balaban J connectivity index is 2.30. The van der Waals surface area contributed by atoms with Gasteiger partial charge in [0.05, 0.1) is 0 Å². The fraction of sp³-hybridized carbons (Fsp3) is 0.667. The van der Waals surface area contributed by atoms with Crippen molar-refractivity contribution >= 4 is 0 Å². The highest BCUT2D eigenvalue weighted by Crippen LogP contribution is 2.08. The lowest BCUT2D eigenvalue weighted by molar-refractivity contribution is 0.188. The molecular formula is C15H26N2O. The SMILES string of the molecule is CCCNC(CCCOC)CCc1ccncc1. The second-order valence-electron chi connectivity index (χ2n) is 4.68. The Labute approximate surface area is 111 Å². The Morgan fingerprint density at radius 1 is 1.28 bits per heavy atom. The van der Waals surface area contributed by atoms with Crippen LogP contribution in [0.5, 0.6) is 0 Å². The van der Waals surface area contributed by atoms with Crippen LogP contribution >= 0.6 is 0 Å². The summed E-state index contributed by atoms with van der Waals surface area (Å²) < 4.78 is 5.12. The number of aryl methyl sites for hydroxylation is 1. The summed E-state index contributed by atoms with van der Waals surface area (Å²) in [6.45, 7) is 4.18. The molecule has 0 saturated carbocycles. The molecule has 1 unspecified atom stereocenters. The number of rotatable bonds is 10. The predicted molar refractivity (Wildman–Crippen MR) is 75.7 cm³/mol. The van der Waals surface area contributed by atoms with Crippen molar-refractivity contribution in [2.75, 3.05) is 20.3 Å². The minimum atomic E-state index is 0.605. The van der Waals surface area contributed by atoms with Crippen molar-refractivity contribution in [1.82, 2.24) is 10.3 Å². The first kappa shape index (κ1) is 15.1. The number of methoxy groups -OCH3 is 1. The molecule has 0 fully saturated rings. The Morgan fingerprint density at radius 3 is 2.72 bits per heavy atom. The normalized spacial score (nSPS) is 12.6. The molecule has 3 nitrogen and oxygen atoms in total. The molecule has 0 aliphatic carbocycles. The van der Waals surface area contributed by atoms with Gasteiger partial charge >= 0.3 is 0 Å². The van der Waals surface area contributed by atoms with E-state index in [2.05, 4.69) is 29.4 Å². The van der Waals surface area contributed by atoms with E-state index in [1.54, 1.807) is 7.11 Å². The number of pyridine rings is 1. The largest absolute Gasteiger partial charge is 0.385 e. The molecule has 18 heavy (non-hydrogen) atoms. The molecule has 0 aromatic carbocycles. The summed E-state index contributed by atoms with van der Waals surface area (Å²) in [5.74, 6) is 0. The first-order chi connectivity index (χ1) is 8.86. The van der Waals surface area contributed by atoms with Crippen molar-refractivity contribution in [3.8, 4) is 0 Å². The number of aromatic nitrogens is 1. The van der Waals surface area contributed by atoms with Gasteiger partial charge in [-0.1, -0.05) is 6.92 Å². The van der Waals surface area contributed by atoms with Gasteiger partial charge in [-0.3, -0.25) is 4.98 Å². The maximum atomic E-state index is 5.12. The highest BCUT2D eigenvalue weighted by Gasteiger charge is 2.07. The average Bonchev–Trinajstić information content (AvgIpc) is 2.42. The van der Waals surface area contributed by atoms with E-state index in [-0.39, 0.29) is 0 Å². The van der Waals surface area contributed by atoms with Crippen LogP contribution in [0.25, 0.3) is 0 Å². The second-order valence-corrected chi connectivity index (χ2v) is 4.68. The zero-order chi connectivity index (χ0) is 13.1. The molecule has 1 aromatic rings. The van der Waals surface area contributed by atoms with Crippen LogP contribution in [0.2, 0.25) is 0 Å². The van der Waals surface area contributed by atoms with Crippen LogP contribution in [-0.2, 0) is 11.2 Å². The molecule has 1 atom stereocenters. The van der Waals surface area contributed by atoms with E-state index in [4.69, 9.17) is 4.74 Å². The van der Waals surface area contributed by atoms with E-state index in [9.17, 15) is 0 Å². The van der Waals surface area contributed by atoms with E-state index in [0.29, 0.717) is 6.04 Å². The van der Waals surface area contributed by atoms with Gasteiger partial charge in [-0.05, 0) is 56.3 Å². The number of nitrogens with zero attached hydrogens (tertiary/aromatic N) is 1. The smallest absolute Gasteiger partial charge is 0.0462 e. The molecule has 1 rings (SSSR count). The lowest BCUT2D eigenvalue weighted by Crippen LogP contribution is -2.30. The Kier molecular flexibility index (Phi) is 8.43. The maximum Gasteiger partial charge on any atom is 0.0462 e. The molecule has 0 amide bonds. The van der Waals surface area contributed by atoms with Crippen LogP contribution in [0.3, 0.4) is 0 Å². The number of hydrogen-bond acceptors (Lipinski definition) is 3. The molecule has 0 aliphatic rings. The van der Waals surface area contributed by atoms with Crippen LogP contribution in [-0.4, -0.2) is 31.3 Å². The lowest BCUT2D eigenvalue weighted by atomic mass is 10.0. The summed E-state index contributed by atoms with van der Waals surface area (Å²) in [6.07, 6.45) is 9.57. The van der Waals surface area contributed by atoms with E-state index in [0.717, 1.165) is 26.0 Å². The molecule has 102 valence electrons. The second kappa shape index (κ2) is 10.0. The molecule has 0 aliphatic heterocycles. The quantitative estimate of drug-likeness (QED) is 0.648. The van der Waals surface area contributed by atoms with Gasteiger partial charge in [0.15, 0.2) is 0 Å². The minimum Gasteiger partial charge on any atom is -0.385 e. The molecule has 1 aromatic heterocycles. The third-order valence-corrected chi connectivity index (χ3v) is 3.11. The van der Waals surface area contributed by atoms with Gasteiger partial charge in [0.1, 0.15) is 0 Å². The monoisotopic (exact) mass is 250 g/mol. The standard InChI is InChI=1S/C15H26N2O/c1-3-10-17-15(5-4-13-18-2)7-6-14-8-11-16-12-9-14/h8-9,11-12,15,17H,3-7,10,13H2,1-2H3. The molecule has 3 heteroatoms. The summed E-state index contributed by atoms with van der Waals surface area (Å²) >= 11 is 0. The first-order valence-corrected chi connectivity index (χ1v) is 6.98. The van der Waals surface area contributed by atoms with Crippen molar-refractivity contribution < 1.29 is 4.74 Å². The molecular weight excluding hydrogens is 224 g/mol. The van der Waals surface area contributed by atoms with Crippen LogP contribution in [0, 0.1) is 0 Å². The highest BCUT2D eigenvalue weighted by molar-refractivity contribution is 5.09.